The predicted molar refractivity (Wildman–Crippen MR) is 70.7 cm³/mol. The van der Waals surface area contributed by atoms with E-state index in [4.69, 9.17) is 10.2 Å². The summed E-state index contributed by atoms with van der Waals surface area (Å²) in [6.07, 6.45) is 3.94. The molecule has 0 spiro atoms. The van der Waals surface area contributed by atoms with Gasteiger partial charge in [-0.1, -0.05) is 30.3 Å². The Morgan fingerprint density at radius 2 is 1.88 bits per heavy atom. The molecule has 17 heavy (non-hydrogen) atoms. The number of nitrogens with two attached hydrogens (primary N) is 1. The van der Waals surface area contributed by atoms with Crippen molar-refractivity contribution < 1.29 is 4.42 Å². The van der Waals surface area contributed by atoms with Gasteiger partial charge in [-0.3, -0.25) is 0 Å². The molecule has 0 aliphatic heterocycles. The maximum Gasteiger partial charge on any atom is 0.135 e. The van der Waals surface area contributed by atoms with E-state index in [0.29, 0.717) is 0 Å². The molecule has 1 aromatic carbocycles. The molecule has 1 heterocycles. The van der Waals surface area contributed by atoms with Gasteiger partial charge in [-0.2, -0.15) is 0 Å². The van der Waals surface area contributed by atoms with Gasteiger partial charge in [-0.25, -0.2) is 0 Å². The van der Waals surface area contributed by atoms with E-state index in [2.05, 4.69) is 40.2 Å². The van der Waals surface area contributed by atoms with Crippen LogP contribution in [0.3, 0.4) is 0 Å². The molecule has 1 aliphatic carbocycles. The van der Waals surface area contributed by atoms with Gasteiger partial charge >= 0.3 is 0 Å². The van der Waals surface area contributed by atoms with Crippen LogP contribution in [0.25, 0.3) is 0 Å². The molecule has 0 bridgehead atoms. The monoisotopic (exact) mass is 291 g/mol. The lowest BCUT2D eigenvalue weighted by Crippen LogP contribution is -2.26. The Kier molecular flexibility index (Phi) is 2.60. The zero-order valence-electron chi connectivity index (χ0n) is 9.40. The lowest BCUT2D eigenvalue weighted by molar-refractivity contribution is 0.411. The Labute approximate surface area is 109 Å². The zero-order chi connectivity index (χ0) is 11.9. The van der Waals surface area contributed by atoms with Crippen molar-refractivity contribution in [3.05, 3.63) is 58.5 Å². The molecule has 2 nitrogen and oxygen atoms in total. The number of halogens is 1. The van der Waals surface area contributed by atoms with Gasteiger partial charge in [0, 0.05) is 5.41 Å². The first-order valence-electron chi connectivity index (χ1n) is 5.78. The van der Waals surface area contributed by atoms with Gasteiger partial charge < -0.3 is 10.2 Å². The highest BCUT2D eigenvalue weighted by molar-refractivity contribution is 9.10. The highest BCUT2D eigenvalue weighted by Crippen LogP contribution is 2.56. The van der Waals surface area contributed by atoms with Gasteiger partial charge in [-0.05, 0) is 40.4 Å². The first-order chi connectivity index (χ1) is 8.24. The van der Waals surface area contributed by atoms with Crippen molar-refractivity contribution in [2.24, 2.45) is 5.73 Å². The third-order valence-electron chi connectivity index (χ3n) is 3.66. The minimum absolute atomic E-state index is 0.0711. The molecule has 1 aromatic heterocycles. The molecule has 1 fully saturated rings. The average molecular weight is 292 g/mol. The van der Waals surface area contributed by atoms with Crippen molar-refractivity contribution in [1.29, 1.82) is 0 Å². The molecule has 0 radical (unpaired) electrons. The number of furan rings is 1. The minimum atomic E-state index is -0.0747. The molecule has 2 aromatic rings. The van der Waals surface area contributed by atoms with Crippen molar-refractivity contribution in [1.82, 2.24) is 0 Å². The van der Waals surface area contributed by atoms with Crippen LogP contribution in [0, 0.1) is 0 Å². The molecule has 1 saturated carbocycles. The SMILES string of the molecule is NC(c1occc1Br)C1(c2ccccc2)CC1. The number of hydrogen-bond donors (Lipinski definition) is 1. The highest BCUT2D eigenvalue weighted by Gasteiger charge is 2.51. The van der Waals surface area contributed by atoms with Crippen LogP contribution in [0.2, 0.25) is 0 Å². The van der Waals surface area contributed by atoms with Crippen LogP contribution in [0.15, 0.2) is 51.6 Å². The van der Waals surface area contributed by atoms with E-state index in [1.54, 1.807) is 6.26 Å². The molecular weight excluding hydrogens is 278 g/mol. The second kappa shape index (κ2) is 4.00. The Morgan fingerprint density at radius 3 is 2.41 bits per heavy atom. The summed E-state index contributed by atoms with van der Waals surface area (Å²) in [5.74, 6) is 0.853. The summed E-state index contributed by atoms with van der Waals surface area (Å²) in [5.41, 5.74) is 7.78. The Hall–Kier alpha value is -1.06. The summed E-state index contributed by atoms with van der Waals surface area (Å²) in [6.45, 7) is 0. The molecule has 88 valence electrons. The van der Waals surface area contributed by atoms with Crippen LogP contribution in [-0.4, -0.2) is 0 Å². The molecule has 0 saturated heterocycles. The fourth-order valence-corrected chi connectivity index (χ4v) is 2.91. The molecule has 1 unspecified atom stereocenters. The average Bonchev–Trinajstić information content (AvgIpc) is 3.07. The fraction of sp³-hybridized carbons (Fsp3) is 0.286. The third kappa shape index (κ3) is 1.74. The highest BCUT2D eigenvalue weighted by atomic mass is 79.9. The quantitative estimate of drug-likeness (QED) is 0.935. The van der Waals surface area contributed by atoms with Crippen LogP contribution in [0.5, 0.6) is 0 Å². The topological polar surface area (TPSA) is 39.2 Å². The number of rotatable bonds is 3. The van der Waals surface area contributed by atoms with Gasteiger partial charge in [-0.15, -0.1) is 0 Å². The molecule has 1 aliphatic rings. The number of hydrogen-bond acceptors (Lipinski definition) is 2. The molecule has 3 heteroatoms. The summed E-state index contributed by atoms with van der Waals surface area (Å²) < 4.78 is 6.47. The van der Waals surface area contributed by atoms with E-state index in [-0.39, 0.29) is 11.5 Å². The summed E-state index contributed by atoms with van der Waals surface area (Å²) in [4.78, 5) is 0. The van der Waals surface area contributed by atoms with Gasteiger partial charge in [0.2, 0.25) is 0 Å². The van der Waals surface area contributed by atoms with E-state index in [1.165, 1.54) is 5.56 Å². The van der Waals surface area contributed by atoms with E-state index in [1.807, 2.05) is 12.1 Å². The Bertz CT molecular complexity index is 516. The van der Waals surface area contributed by atoms with Crippen molar-refractivity contribution in [2.45, 2.75) is 24.3 Å². The van der Waals surface area contributed by atoms with Crippen LogP contribution < -0.4 is 5.73 Å². The first kappa shape index (κ1) is 11.1. The normalized spacial score (nSPS) is 18.9. The maximum atomic E-state index is 6.39. The second-order valence-electron chi connectivity index (χ2n) is 4.63. The van der Waals surface area contributed by atoms with E-state index in [0.717, 1.165) is 23.1 Å². The maximum absolute atomic E-state index is 6.39. The predicted octanol–water partition coefficient (Wildman–Crippen LogP) is 3.77. The molecule has 1 atom stereocenters. The first-order valence-corrected chi connectivity index (χ1v) is 6.57. The van der Waals surface area contributed by atoms with Crippen molar-refractivity contribution in [2.75, 3.05) is 0 Å². The largest absolute Gasteiger partial charge is 0.466 e. The lowest BCUT2D eigenvalue weighted by Gasteiger charge is -2.22. The van der Waals surface area contributed by atoms with Crippen LogP contribution in [0.4, 0.5) is 0 Å². The van der Waals surface area contributed by atoms with Gasteiger partial charge in [0.25, 0.3) is 0 Å². The summed E-state index contributed by atoms with van der Waals surface area (Å²) in [6, 6.07) is 12.3. The minimum Gasteiger partial charge on any atom is -0.466 e. The number of benzene rings is 1. The standard InChI is InChI=1S/C14H14BrNO/c15-11-6-9-17-12(11)13(16)14(7-8-14)10-4-2-1-3-5-10/h1-6,9,13H,7-8,16H2. The molecule has 2 N–H and O–H groups in total. The van der Waals surface area contributed by atoms with Crippen molar-refractivity contribution in [3.63, 3.8) is 0 Å². The fourth-order valence-electron chi connectivity index (χ4n) is 2.46. The Morgan fingerprint density at radius 1 is 1.18 bits per heavy atom. The van der Waals surface area contributed by atoms with Crippen molar-refractivity contribution in [3.8, 4) is 0 Å². The van der Waals surface area contributed by atoms with Crippen LogP contribution in [-0.2, 0) is 5.41 Å². The van der Waals surface area contributed by atoms with Gasteiger partial charge in [0.05, 0.1) is 16.8 Å². The van der Waals surface area contributed by atoms with E-state index < -0.39 is 0 Å². The Balaban J connectivity index is 1.97. The zero-order valence-corrected chi connectivity index (χ0v) is 11.0. The summed E-state index contributed by atoms with van der Waals surface area (Å²) in [5, 5.41) is 0. The van der Waals surface area contributed by atoms with E-state index >= 15 is 0 Å². The van der Waals surface area contributed by atoms with Crippen molar-refractivity contribution >= 4 is 15.9 Å². The summed E-state index contributed by atoms with van der Waals surface area (Å²) in [7, 11) is 0. The molecular formula is C14H14BrNO. The van der Waals surface area contributed by atoms with Crippen LogP contribution in [0.1, 0.15) is 30.2 Å². The van der Waals surface area contributed by atoms with Crippen LogP contribution >= 0.6 is 15.9 Å². The van der Waals surface area contributed by atoms with Gasteiger partial charge in [0.1, 0.15) is 5.76 Å². The van der Waals surface area contributed by atoms with Gasteiger partial charge in [0.15, 0.2) is 0 Å². The second-order valence-corrected chi connectivity index (χ2v) is 5.49. The summed E-state index contributed by atoms with van der Waals surface area (Å²) >= 11 is 3.49. The van der Waals surface area contributed by atoms with E-state index in [9.17, 15) is 0 Å². The smallest absolute Gasteiger partial charge is 0.135 e. The lowest BCUT2D eigenvalue weighted by atomic mass is 9.87. The molecule has 3 rings (SSSR count). The third-order valence-corrected chi connectivity index (χ3v) is 4.32. The molecule has 0 amide bonds.